The third kappa shape index (κ3) is 6.01. The molecule has 8 heteroatoms. The van der Waals surface area contributed by atoms with Crippen LogP contribution in [0, 0.1) is 0 Å². The molecule has 210 valence electrons. The van der Waals surface area contributed by atoms with Gasteiger partial charge in [-0.25, -0.2) is 4.79 Å². The Kier molecular flexibility index (Phi) is 7.62. The zero-order valence-corrected chi connectivity index (χ0v) is 23.1. The van der Waals surface area contributed by atoms with E-state index in [1.165, 1.54) is 18.9 Å². The summed E-state index contributed by atoms with van der Waals surface area (Å²) in [6.45, 7) is 6.34. The topological polar surface area (TPSA) is 59.0 Å². The molecule has 0 aliphatic heterocycles. The van der Waals surface area contributed by atoms with Gasteiger partial charge in [0.05, 0.1) is 5.52 Å². The lowest BCUT2D eigenvalue weighted by Crippen LogP contribution is -2.32. The van der Waals surface area contributed by atoms with Crippen molar-refractivity contribution in [3.05, 3.63) is 94.9 Å². The highest BCUT2D eigenvalue weighted by Crippen LogP contribution is 2.38. The molecule has 0 radical (unpaired) electrons. The van der Waals surface area contributed by atoms with E-state index in [2.05, 4.69) is 54.6 Å². The molecule has 5 rings (SSSR count). The van der Waals surface area contributed by atoms with Crippen LogP contribution in [0.3, 0.4) is 0 Å². The Bertz CT molecular complexity index is 1480. The van der Waals surface area contributed by atoms with Crippen LogP contribution >= 0.6 is 0 Å². The molecule has 1 amide bonds. The van der Waals surface area contributed by atoms with E-state index in [0.717, 1.165) is 58.5 Å². The van der Waals surface area contributed by atoms with Crippen molar-refractivity contribution < 1.29 is 18.0 Å². The van der Waals surface area contributed by atoms with Gasteiger partial charge in [-0.05, 0) is 60.2 Å². The number of hydrogen-bond donors (Lipinski definition) is 2. The number of amides is 1. The standard InChI is InChI=1S/C32H35F3N4O/c1-31(2,3)29-26(17-21-9-5-4-6-10-21)25-18-24(38-23-11-7-8-12-23)14-15-27(25)39(29)30(40)37-20-22-13-16-28(36-19-22)32(33,34)35/h4-6,9-10,13-16,18-19,23,38H,7-8,11-12,17,20H2,1-3H3,(H,37,40). The molecule has 0 bridgehead atoms. The maximum absolute atomic E-state index is 13.8. The van der Waals surface area contributed by atoms with Crippen molar-refractivity contribution in [1.29, 1.82) is 0 Å². The predicted molar refractivity (Wildman–Crippen MR) is 153 cm³/mol. The number of pyridine rings is 1. The first-order valence-electron chi connectivity index (χ1n) is 13.8. The first-order valence-corrected chi connectivity index (χ1v) is 13.8. The van der Waals surface area contributed by atoms with Crippen molar-refractivity contribution in [3.63, 3.8) is 0 Å². The predicted octanol–water partition coefficient (Wildman–Crippen LogP) is 8.06. The van der Waals surface area contributed by atoms with E-state index in [-0.39, 0.29) is 18.0 Å². The van der Waals surface area contributed by atoms with E-state index >= 15 is 0 Å². The Morgan fingerprint density at radius 1 is 0.975 bits per heavy atom. The minimum atomic E-state index is -4.51. The highest BCUT2D eigenvalue weighted by atomic mass is 19.4. The van der Waals surface area contributed by atoms with Crippen LogP contribution in [0.5, 0.6) is 0 Å². The van der Waals surface area contributed by atoms with Gasteiger partial charge in [0.25, 0.3) is 0 Å². The number of nitrogens with zero attached hydrogens (tertiary/aromatic N) is 2. The second kappa shape index (κ2) is 11.0. The fourth-order valence-electron chi connectivity index (χ4n) is 5.68. The Labute approximate surface area is 232 Å². The molecule has 2 heterocycles. The van der Waals surface area contributed by atoms with Crippen LogP contribution in [-0.4, -0.2) is 21.6 Å². The molecular weight excluding hydrogens is 513 g/mol. The summed E-state index contributed by atoms with van der Waals surface area (Å²) in [6, 6.07) is 18.8. The summed E-state index contributed by atoms with van der Waals surface area (Å²) in [5.41, 5.74) is 4.16. The molecule has 1 saturated carbocycles. The molecule has 2 N–H and O–H groups in total. The molecule has 2 aromatic carbocycles. The first-order chi connectivity index (χ1) is 19.0. The van der Waals surface area contributed by atoms with Gasteiger partial charge >= 0.3 is 12.2 Å². The van der Waals surface area contributed by atoms with Gasteiger partial charge < -0.3 is 10.6 Å². The van der Waals surface area contributed by atoms with Gasteiger partial charge in [-0.1, -0.05) is 70.0 Å². The SMILES string of the molecule is CC(C)(C)c1c(Cc2ccccc2)c2cc(NC3CCCC3)ccc2n1C(=O)NCc1ccc(C(F)(F)F)nc1. The second-order valence-corrected chi connectivity index (χ2v) is 11.6. The molecule has 2 aromatic heterocycles. The molecule has 5 nitrogen and oxygen atoms in total. The molecule has 0 saturated heterocycles. The summed E-state index contributed by atoms with van der Waals surface area (Å²) in [5.74, 6) is 0. The van der Waals surface area contributed by atoms with E-state index in [0.29, 0.717) is 18.0 Å². The van der Waals surface area contributed by atoms with Gasteiger partial charge in [-0.2, -0.15) is 13.2 Å². The van der Waals surface area contributed by atoms with Crippen molar-refractivity contribution in [2.45, 2.75) is 77.1 Å². The fraction of sp³-hybridized carbons (Fsp3) is 0.375. The van der Waals surface area contributed by atoms with Crippen LogP contribution in [0.2, 0.25) is 0 Å². The van der Waals surface area contributed by atoms with E-state index < -0.39 is 11.9 Å². The average Bonchev–Trinajstić information content (AvgIpc) is 3.53. The molecule has 4 aromatic rings. The normalized spacial score (nSPS) is 14.6. The second-order valence-electron chi connectivity index (χ2n) is 11.6. The number of alkyl halides is 3. The van der Waals surface area contributed by atoms with Crippen LogP contribution in [0.1, 0.15) is 74.5 Å². The molecule has 1 aliphatic carbocycles. The number of hydrogen-bond acceptors (Lipinski definition) is 3. The van der Waals surface area contributed by atoms with Crippen molar-refractivity contribution in [1.82, 2.24) is 14.9 Å². The molecule has 0 unspecified atom stereocenters. The van der Waals surface area contributed by atoms with Crippen LogP contribution in [-0.2, 0) is 24.6 Å². The summed E-state index contributed by atoms with van der Waals surface area (Å²) >= 11 is 0. The van der Waals surface area contributed by atoms with Gasteiger partial charge in [0.15, 0.2) is 0 Å². The molecular formula is C32H35F3N4O. The Morgan fingerprint density at radius 3 is 2.33 bits per heavy atom. The molecule has 0 atom stereocenters. The van der Waals surface area contributed by atoms with Crippen molar-refractivity contribution in [2.24, 2.45) is 0 Å². The fourth-order valence-corrected chi connectivity index (χ4v) is 5.68. The molecule has 1 aliphatic rings. The Balaban J connectivity index is 1.54. The Morgan fingerprint density at radius 2 is 1.70 bits per heavy atom. The minimum Gasteiger partial charge on any atom is -0.382 e. The number of nitrogens with one attached hydrogen (secondary N) is 2. The summed E-state index contributed by atoms with van der Waals surface area (Å²) in [5, 5.41) is 7.62. The highest BCUT2D eigenvalue weighted by molar-refractivity contribution is 5.97. The van der Waals surface area contributed by atoms with Crippen molar-refractivity contribution >= 4 is 22.6 Å². The first kappa shape index (κ1) is 27.7. The van der Waals surface area contributed by atoms with Crippen LogP contribution < -0.4 is 10.6 Å². The summed E-state index contributed by atoms with van der Waals surface area (Å²) in [7, 11) is 0. The van der Waals surface area contributed by atoms with Crippen molar-refractivity contribution in [3.8, 4) is 0 Å². The van der Waals surface area contributed by atoms with Gasteiger partial charge in [-0.15, -0.1) is 0 Å². The average molecular weight is 549 g/mol. The minimum absolute atomic E-state index is 0.0581. The maximum atomic E-state index is 13.8. The largest absolute Gasteiger partial charge is 0.433 e. The van der Waals surface area contributed by atoms with Gasteiger partial charge in [0.2, 0.25) is 0 Å². The van der Waals surface area contributed by atoms with E-state index in [1.54, 1.807) is 4.57 Å². The number of anilines is 1. The van der Waals surface area contributed by atoms with Crippen molar-refractivity contribution in [2.75, 3.05) is 5.32 Å². The van der Waals surface area contributed by atoms with Gasteiger partial charge in [0, 0.05) is 41.0 Å². The summed E-state index contributed by atoms with van der Waals surface area (Å²) in [6.07, 6.45) is 2.10. The monoisotopic (exact) mass is 548 g/mol. The summed E-state index contributed by atoms with van der Waals surface area (Å²) < 4.78 is 40.5. The molecule has 0 spiro atoms. The third-order valence-corrected chi connectivity index (χ3v) is 7.49. The third-order valence-electron chi connectivity index (χ3n) is 7.49. The van der Waals surface area contributed by atoms with E-state index in [4.69, 9.17) is 0 Å². The number of benzene rings is 2. The number of halogens is 3. The number of carbonyl (C=O) groups is 1. The number of carbonyl (C=O) groups excluding carboxylic acids is 1. The summed E-state index contributed by atoms with van der Waals surface area (Å²) in [4.78, 5) is 17.3. The number of rotatable bonds is 6. The van der Waals surface area contributed by atoms with Crippen LogP contribution in [0.15, 0.2) is 66.9 Å². The number of fused-ring (bicyclic) bond motifs is 1. The highest BCUT2D eigenvalue weighted by Gasteiger charge is 2.32. The zero-order valence-electron chi connectivity index (χ0n) is 23.1. The van der Waals surface area contributed by atoms with Crippen LogP contribution in [0.4, 0.5) is 23.7 Å². The van der Waals surface area contributed by atoms with Crippen LogP contribution in [0.25, 0.3) is 10.9 Å². The van der Waals surface area contributed by atoms with E-state index in [1.807, 2.05) is 30.3 Å². The van der Waals surface area contributed by atoms with E-state index in [9.17, 15) is 18.0 Å². The van der Waals surface area contributed by atoms with Gasteiger partial charge in [0.1, 0.15) is 5.69 Å². The molecule has 1 fully saturated rings. The lowest BCUT2D eigenvalue weighted by Gasteiger charge is -2.24. The lowest BCUT2D eigenvalue weighted by atomic mass is 9.86. The lowest BCUT2D eigenvalue weighted by molar-refractivity contribution is -0.141. The zero-order chi connectivity index (χ0) is 28.5. The smallest absolute Gasteiger partial charge is 0.382 e. The Hall–Kier alpha value is -3.81. The molecule has 40 heavy (non-hydrogen) atoms. The van der Waals surface area contributed by atoms with Gasteiger partial charge in [-0.3, -0.25) is 9.55 Å². The maximum Gasteiger partial charge on any atom is 0.433 e. The quantitative estimate of drug-likeness (QED) is 0.256. The number of aromatic nitrogens is 2.